The van der Waals surface area contributed by atoms with E-state index >= 15 is 0 Å². The molecule has 2 amide bonds. The first-order chi connectivity index (χ1) is 11.7. The van der Waals surface area contributed by atoms with Crippen LogP contribution in [0.3, 0.4) is 0 Å². The summed E-state index contributed by atoms with van der Waals surface area (Å²) in [4.78, 5) is 25.0. The van der Waals surface area contributed by atoms with Gasteiger partial charge in [-0.05, 0) is 23.6 Å². The zero-order chi connectivity index (χ0) is 16.3. The number of carbonyl (C=O) groups excluding carboxylic acids is 2. The van der Waals surface area contributed by atoms with Gasteiger partial charge in [0, 0.05) is 34.7 Å². The van der Waals surface area contributed by atoms with Gasteiger partial charge in [0.05, 0.1) is 0 Å². The van der Waals surface area contributed by atoms with Crippen molar-refractivity contribution in [2.45, 2.75) is 24.3 Å². The van der Waals surface area contributed by atoms with Gasteiger partial charge in [-0.25, -0.2) is 0 Å². The Balaban J connectivity index is 1.71. The third kappa shape index (κ3) is 1.74. The molecule has 0 saturated heterocycles. The maximum Gasteiger partial charge on any atom is 0.255 e. The summed E-state index contributed by atoms with van der Waals surface area (Å²) in [6, 6.07) is 18.2. The summed E-state index contributed by atoms with van der Waals surface area (Å²) < 4.78 is 0. The molecule has 5 rings (SSSR count). The predicted molar refractivity (Wildman–Crippen MR) is 90.6 cm³/mol. The second-order valence-electron chi connectivity index (χ2n) is 6.63. The molecule has 0 saturated carbocycles. The molecule has 24 heavy (non-hydrogen) atoms. The summed E-state index contributed by atoms with van der Waals surface area (Å²) in [5.41, 5.74) is 4.59. The van der Waals surface area contributed by atoms with Gasteiger partial charge < -0.3 is 5.32 Å². The molecule has 2 aliphatic heterocycles. The summed E-state index contributed by atoms with van der Waals surface area (Å²) in [5, 5.41) is 6.08. The molecule has 1 aliphatic carbocycles. The monoisotopic (exact) mass is 316 g/mol. The highest BCUT2D eigenvalue weighted by Crippen LogP contribution is 2.52. The smallest absolute Gasteiger partial charge is 0.255 e. The lowest BCUT2D eigenvalue weighted by Crippen LogP contribution is -2.32. The third-order valence-electron chi connectivity index (χ3n) is 5.40. The molecular weight excluding hydrogens is 300 g/mol. The van der Waals surface area contributed by atoms with Gasteiger partial charge in [-0.15, -0.1) is 0 Å². The Morgan fingerprint density at radius 3 is 2.38 bits per heavy atom. The molecule has 4 heteroatoms. The molecule has 2 N–H and O–H groups in total. The number of amides is 2. The van der Waals surface area contributed by atoms with Crippen molar-refractivity contribution >= 4 is 17.5 Å². The fourth-order valence-electron chi connectivity index (χ4n) is 4.45. The first-order valence-electron chi connectivity index (χ1n) is 8.24. The molecule has 2 heterocycles. The summed E-state index contributed by atoms with van der Waals surface area (Å²) >= 11 is 0. The van der Waals surface area contributed by atoms with Crippen molar-refractivity contribution < 1.29 is 9.59 Å². The molecule has 0 aromatic heterocycles. The van der Waals surface area contributed by atoms with E-state index in [1.54, 1.807) is 0 Å². The van der Waals surface area contributed by atoms with E-state index in [0.29, 0.717) is 11.1 Å². The van der Waals surface area contributed by atoms with Gasteiger partial charge in [0.25, 0.3) is 11.8 Å². The fourth-order valence-corrected chi connectivity index (χ4v) is 4.45. The normalized spacial score (nSPS) is 27.2. The SMILES string of the molecule is O=C1NC(=O)C2=C1C(c1ccccc1)CC1Nc3ccccc3C21. The van der Waals surface area contributed by atoms with E-state index in [9.17, 15) is 9.59 Å². The minimum atomic E-state index is -0.232. The van der Waals surface area contributed by atoms with Gasteiger partial charge in [0.15, 0.2) is 0 Å². The summed E-state index contributed by atoms with van der Waals surface area (Å²) in [7, 11) is 0. The quantitative estimate of drug-likeness (QED) is 0.795. The Kier molecular flexibility index (Phi) is 2.71. The highest BCUT2D eigenvalue weighted by atomic mass is 16.2. The van der Waals surface area contributed by atoms with Gasteiger partial charge in [-0.2, -0.15) is 0 Å². The Hall–Kier alpha value is -2.88. The number of hydrogen-bond donors (Lipinski definition) is 2. The Labute approximate surface area is 139 Å². The average Bonchev–Trinajstić information content (AvgIpc) is 3.12. The molecule has 3 aliphatic rings. The fraction of sp³-hybridized carbons (Fsp3) is 0.200. The van der Waals surface area contributed by atoms with Crippen molar-refractivity contribution in [2.75, 3.05) is 5.32 Å². The van der Waals surface area contributed by atoms with Gasteiger partial charge in [-0.1, -0.05) is 48.5 Å². The number of benzene rings is 2. The topological polar surface area (TPSA) is 58.2 Å². The van der Waals surface area contributed by atoms with Crippen LogP contribution < -0.4 is 10.6 Å². The minimum Gasteiger partial charge on any atom is -0.381 e. The maximum atomic E-state index is 12.5. The maximum absolute atomic E-state index is 12.5. The van der Waals surface area contributed by atoms with Crippen LogP contribution in [0.4, 0.5) is 5.69 Å². The molecule has 4 nitrogen and oxygen atoms in total. The van der Waals surface area contributed by atoms with Gasteiger partial charge >= 0.3 is 0 Å². The standard InChI is InChI=1S/C20H16N2O2/c23-19-17-13(11-6-2-1-3-7-11)10-15-16(18(17)20(24)22-19)12-8-4-5-9-14(12)21-15/h1-9,13,15-16,21H,10H2,(H,22,23,24). The van der Waals surface area contributed by atoms with Crippen LogP contribution in [0.5, 0.6) is 0 Å². The van der Waals surface area contributed by atoms with E-state index in [4.69, 9.17) is 0 Å². The van der Waals surface area contributed by atoms with Crippen LogP contribution in [0.1, 0.15) is 29.4 Å². The van der Waals surface area contributed by atoms with Crippen molar-refractivity contribution in [1.29, 1.82) is 0 Å². The van der Waals surface area contributed by atoms with Crippen LogP contribution >= 0.6 is 0 Å². The zero-order valence-electron chi connectivity index (χ0n) is 13.0. The third-order valence-corrected chi connectivity index (χ3v) is 5.40. The Bertz CT molecular complexity index is 901. The van der Waals surface area contributed by atoms with Crippen LogP contribution in [-0.4, -0.2) is 17.9 Å². The van der Waals surface area contributed by atoms with Gasteiger partial charge in [0.1, 0.15) is 0 Å². The Morgan fingerprint density at radius 2 is 1.54 bits per heavy atom. The molecule has 0 fully saturated rings. The number of imide groups is 1. The molecule has 2 aromatic carbocycles. The molecule has 0 radical (unpaired) electrons. The van der Waals surface area contributed by atoms with Crippen molar-refractivity contribution in [3.63, 3.8) is 0 Å². The van der Waals surface area contributed by atoms with E-state index in [1.807, 2.05) is 48.5 Å². The molecule has 0 bridgehead atoms. The molecule has 118 valence electrons. The summed E-state index contributed by atoms with van der Waals surface area (Å²) in [5.74, 6) is -0.547. The van der Waals surface area contributed by atoms with E-state index in [-0.39, 0.29) is 29.7 Å². The average molecular weight is 316 g/mol. The lowest BCUT2D eigenvalue weighted by Gasteiger charge is -2.32. The van der Waals surface area contributed by atoms with E-state index in [2.05, 4.69) is 16.7 Å². The highest BCUT2D eigenvalue weighted by molar-refractivity contribution is 6.21. The second kappa shape index (κ2) is 4.81. The molecule has 3 atom stereocenters. The van der Waals surface area contributed by atoms with E-state index < -0.39 is 0 Å². The first-order valence-corrected chi connectivity index (χ1v) is 8.24. The van der Waals surface area contributed by atoms with Crippen LogP contribution in [-0.2, 0) is 9.59 Å². The van der Waals surface area contributed by atoms with Crippen molar-refractivity contribution in [3.8, 4) is 0 Å². The van der Waals surface area contributed by atoms with Crippen LogP contribution in [0.15, 0.2) is 65.7 Å². The number of anilines is 1. The predicted octanol–water partition coefficient (Wildman–Crippen LogP) is 2.70. The number of para-hydroxylation sites is 1. The number of fused-ring (bicyclic) bond motifs is 4. The van der Waals surface area contributed by atoms with Gasteiger partial charge in [-0.3, -0.25) is 14.9 Å². The van der Waals surface area contributed by atoms with E-state index in [0.717, 1.165) is 23.2 Å². The molecule has 0 spiro atoms. The summed E-state index contributed by atoms with van der Waals surface area (Å²) in [6.07, 6.45) is 0.808. The van der Waals surface area contributed by atoms with Crippen molar-refractivity contribution in [3.05, 3.63) is 76.9 Å². The molecule has 3 unspecified atom stereocenters. The van der Waals surface area contributed by atoms with Crippen LogP contribution in [0.2, 0.25) is 0 Å². The summed E-state index contributed by atoms with van der Waals surface area (Å²) in [6.45, 7) is 0. The molecular formula is C20H16N2O2. The van der Waals surface area contributed by atoms with Crippen LogP contribution in [0, 0.1) is 0 Å². The number of nitrogens with one attached hydrogen (secondary N) is 2. The largest absolute Gasteiger partial charge is 0.381 e. The zero-order valence-corrected chi connectivity index (χ0v) is 13.0. The highest BCUT2D eigenvalue weighted by Gasteiger charge is 2.49. The second-order valence-corrected chi connectivity index (χ2v) is 6.63. The van der Waals surface area contributed by atoms with Crippen molar-refractivity contribution in [2.24, 2.45) is 0 Å². The Morgan fingerprint density at radius 1 is 0.833 bits per heavy atom. The lowest BCUT2D eigenvalue weighted by molar-refractivity contribution is -0.124. The van der Waals surface area contributed by atoms with Crippen molar-refractivity contribution in [1.82, 2.24) is 5.32 Å². The number of hydrogen-bond acceptors (Lipinski definition) is 3. The van der Waals surface area contributed by atoms with Crippen LogP contribution in [0.25, 0.3) is 0 Å². The number of rotatable bonds is 1. The van der Waals surface area contributed by atoms with E-state index in [1.165, 1.54) is 0 Å². The molecule has 2 aromatic rings. The van der Waals surface area contributed by atoms with Gasteiger partial charge in [0.2, 0.25) is 0 Å². The minimum absolute atomic E-state index is 0.0392. The first kappa shape index (κ1) is 13.5. The lowest BCUT2D eigenvalue weighted by atomic mass is 9.71. The number of carbonyl (C=O) groups is 2.